The number of hydrogen-bond acceptors (Lipinski definition) is 6. The van der Waals surface area contributed by atoms with Gasteiger partial charge in [-0.2, -0.15) is 0 Å². The molecular weight excluding hydrogens is 430 g/mol. The van der Waals surface area contributed by atoms with Crippen molar-refractivity contribution in [1.82, 2.24) is 24.9 Å². The molecule has 3 heterocycles. The fourth-order valence-corrected chi connectivity index (χ4v) is 4.96. The summed E-state index contributed by atoms with van der Waals surface area (Å²) in [6, 6.07) is 8.53. The monoisotopic (exact) mass is 471 g/mol. The van der Waals surface area contributed by atoms with Crippen molar-refractivity contribution in [3.8, 4) is 0 Å². The topological polar surface area (TPSA) is 68.4 Å². The first-order valence-corrected chi connectivity index (χ1v) is 13.0. The van der Waals surface area contributed by atoms with Crippen LogP contribution in [0.5, 0.6) is 0 Å². The number of nitrogens with zero attached hydrogens (tertiary/aromatic N) is 4. The molecule has 0 atom stereocenters. The van der Waals surface area contributed by atoms with Crippen LogP contribution < -0.4 is 5.32 Å². The molecule has 3 aliphatic heterocycles. The summed E-state index contributed by atoms with van der Waals surface area (Å²) in [4.78, 5) is 34.0. The Morgan fingerprint density at radius 3 is 1.94 bits per heavy atom. The first kappa shape index (κ1) is 25.1. The highest BCUT2D eigenvalue weighted by Crippen LogP contribution is 2.11. The van der Waals surface area contributed by atoms with Crippen LogP contribution in [0.25, 0.3) is 0 Å². The van der Waals surface area contributed by atoms with Crippen molar-refractivity contribution in [2.24, 2.45) is 0 Å². The van der Waals surface area contributed by atoms with Crippen LogP contribution in [0.1, 0.15) is 36.8 Å². The Morgan fingerprint density at radius 2 is 1.29 bits per heavy atom. The third-order valence-electron chi connectivity index (χ3n) is 7.17. The fourth-order valence-electron chi connectivity index (χ4n) is 4.96. The van der Waals surface area contributed by atoms with Crippen LogP contribution in [0.3, 0.4) is 0 Å². The first-order chi connectivity index (χ1) is 16.7. The van der Waals surface area contributed by atoms with Gasteiger partial charge in [-0.3, -0.25) is 24.3 Å². The van der Waals surface area contributed by atoms with Gasteiger partial charge in [-0.25, -0.2) is 0 Å². The Balaban J connectivity index is 1.11. The van der Waals surface area contributed by atoms with Gasteiger partial charge in [0, 0.05) is 65.4 Å². The lowest BCUT2D eigenvalue weighted by Crippen LogP contribution is -2.52. The molecule has 1 aromatic carbocycles. The molecule has 0 unspecified atom stereocenters. The van der Waals surface area contributed by atoms with E-state index in [2.05, 4.69) is 44.3 Å². The van der Waals surface area contributed by atoms with Gasteiger partial charge < -0.3 is 15.0 Å². The Bertz CT molecular complexity index is 765. The van der Waals surface area contributed by atoms with E-state index in [1.807, 2.05) is 4.90 Å². The number of rotatable bonds is 8. The fraction of sp³-hybridized carbons (Fsp3) is 0.692. The molecule has 4 rings (SSSR count). The smallest absolute Gasteiger partial charge is 0.236 e. The van der Waals surface area contributed by atoms with Gasteiger partial charge in [0.25, 0.3) is 0 Å². The molecule has 3 saturated heterocycles. The van der Waals surface area contributed by atoms with E-state index in [4.69, 9.17) is 4.74 Å². The zero-order valence-corrected chi connectivity index (χ0v) is 20.6. The lowest BCUT2D eigenvalue weighted by atomic mass is 10.1. The molecular formula is C26H41N5O3. The highest BCUT2D eigenvalue weighted by atomic mass is 16.5. The molecule has 34 heavy (non-hydrogen) atoms. The van der Waals surface area contributed by atoms with Crippen molar-refractivity contribution in [2.45, 2.75) is 38.8 Å². The number of hydrogen-bond donors (Lipinski definition) is 1. The maximum absolute atomic E-state index is 12.6. The van der Waals surface area contributed by atoms with E-state index in [0.29, 0.717) is 19.6 Å². The quantitative estimate of drug-likeness (QED) is 0.614. The van der Waals surface area contributed by atoms with Gasteiger partial charge >= 0.3 is 0 Å². The Morgan fingerprint density at radius 1 is 0.706 bits per heavy atom. The summed E-state index contributed by atoms with van der Waals surface area (Å²) in [6.45, 7) is 11.2. The molecule has 0 spiro atoms. The minimum Gasteiger partial charge on any atom is -0.379 e. The lowest BCUT2D eigenvalue weighted by Gasteiger charge is -2.35. The molecule has 8 heteroatoms. The van der Waals surface area contributed by atoms with Crippen molar-refractivity contribution in [2.75, 3.05) is 78.7 Å². The van der Waals surface area contributed by atoms with Crippen LogP contribution in [0, 0.1) is 0 Å². The number of likely N-dealkylation sites (tertiary alicyclic amines) is 1. The van der Waals surface area contributed by atoms with Crippen molar-refractivity contribution in [3.05, 3.63) is 35.4 Å². The molecule has 0 aliphatic carbocycles. The van der Waals surface area contributed by atoms with Crippen molar-refractivity contribution in [3.63, 3.8) is 0 Å². The minimum absolute atomic E-state index is 0.0616. The average Bonchev–Trinajstić information content (AvgIpc) is 3.15. The van der Waals surface area contributed by atoms with E-state index in [1.54, 1.807) is 0 Å². The van der Waals surface area contributed by atoms with Crippen LogP contribution in [0.4, 0.5) is 0 Å². The highest BCUT2D eigenvalue weighted by molar-refractivity contribution is 5.78. The largest absolute Gasteiger partial charge is 0.379 e. The summed E-state index contributed by atoms with van der Waals surface area (Å²) >= 11 is 0. The maximum Gasteiger partial charge on any atom is 0.236 e. The van der Waals surface area contributed by atoms with Gasteiger partial charge in [-0.15, -0.1) is 0 Å². The van der Waals surface area contributed by atoms with Crippen LogP contribution >= 0.6 is 0 Å². The van der Waals surface area contributed by atoms with Crippen LogP contribution in [-0.4, -0.2) is 110 Å². The average molecular weight is 472 g/mol. The molecule has 2 amide bonds. The van der Waals surface area contributed by atoms with E-state index in [0.717, 1.165) is 90.5 Å². The van der Waals surface area contributed by atoms with Gasteiger partial charge in [0.1, 0.15) is 0 Å². The van der Waals surface area contributed by atoms with Gasteiger partial charge in [0.15, 0.2) is 0 Å². The lowest BCUT2D eigenvalue weighted by molar-refractivity contribution is -0.133. The molecule has 0 saturated carbocycles. The SMILES string of the molecule is O=C(CN1CCN(CC(=O)N2CCCCCC2)CC1)NCc1ccc(CN2CCOCC2)cc1. The second kappa shape index (κ2) is 13.2. The summed E-state index contributed by atoms with van der Waals surface area (Å²) in [6.07, 6.45) is 4.75. The van der Waals surface area contributed by atoms with Gasteiger partial charge in [-0.1, -0.05) is 37.1 Å². The standard InChI is InChI=1S/C26H41N5O3/c32-25(27-19-23-5-7-24(8-6-23)20-30-15-17-34-18-16-30)21-28-11-13-29(14-12-28)22-26(33)31-9-3-1-2-4-10-31/h5-8H,1-4,9-22H2,(H,27,32). The molecule has 188 valence electrons. The Hall–Kier alpha value is -2.00. The first-order valence-electron chi connectivity index (χ1n) is 13.0. The molecule has 3 aliphatic rings. The highest BCUT2D eigenvalue weighted by Gasteiger charge is 2.23. The molecule has 0 bridgehead atoms. The van der Waals surface area contributed by atoms with Crippen molar-refractivity contribution < 1.29 is 14.3 Å². The number of piperazine rings is 1. The van der Waals surface area contributed by atoms with Crippen LogP contribution in [-0.2, 0) is 27.4 Å². The number of morpholine rings is 1. The minimum atomic E-state index is 0.0616. The van der Waals surface area contributed by atoms with E-state index in [1.165, 1.54) is 18.4 Å². The molecule has 0 aromatic heterocycles. The van der Waals surface area contributed by atoms with Crippen molar-refractivity contribution in [1.29, 1.82) is 0 Å². The summed E-state index contributed by atoms with van der Waals surface area (Å²) in [5.41, 5.74) is 2.42. The van der Waals surface area contributed by atoms with E-state index < -0.39 is 0 Å². The second-order valence-corrected chi connectivity index (χ2v) is 9.83. The zero-order chi connectivity index (χ0) is 23.6. The molecule has 3 fully saturated rings. The summed E-state index contributed by atoms with van der Waals surface area (Å²) in [5, 5.41) is 3.06. The van der Waals surface area contributed by atoms with Gasteiger partial charge in [-0.05, 0) is 24.0 Å². The number of carbonyl (C=O) groups excluding carboxylic acids is 2. The van der Waals surface area contributed by atoms with Gasteiger partial charge in [0.2, 0.25) is 11.8 Å². The molecule has 0 radical (unpaired) electrons. The third kappa shape index (κ3) is 8.05. The second-order valence-electron chi connectivity index (χ2n) is 9.83. The predicted molar refractivity (Wildman–Crippen MR) is 132 cm³/mol. The summed E-state index contributed by atoms with van der Waals surface area (Å²) in [7, 11) is 0. The Labute approximate surface area is 204 Å². The molecule has 8 nitrogen and oxygen atoms in total. The zero-order valence-electron chi connectivity index (χ0n) is 20.6. The predicted octanol–water partition coefficient (Wildman–Crippen LogP) is 1.16. The molecule has 1 N–H and O–H groups in total. The number of ether oxygens (including phenoxy) is 1. The number of benzene rings is 1. The third-order valence-corrected chi connectivity index (χ3v) is 7.17. The van der Waals surface area contributed by atoms with Crippen LogP contribution in [0.15, 0.2) is 24.3 Å². The number of nitrogens with one attached hydrogen (secondary N) is 1. The maximum atomic E-state index is 12.6. The normalized spacial score (nSPS) is 21.2. The molecule has 1 aromatic rings. The van der Waals surface area contributed by atoms with E-state index >= 15 is 0 Å². The van der Waals surface area contributed by atoms with Crippen molar-refractivity contribution >= 4 is 11.8 Å². The number of amides is 2. The number of carbonyl (C=O) groups is 2. The van der Waals surface area contributed by atoms with E-state index in [9.17, 15) is 9.59 Å². The van der Waals surface area contributed by atoms with Crippen LogP contribution in [0.2, 0.25) is 0 Å². The van der Waals surface area contributed by atoms with E-state index in [-0.39, 0.29) is 11.8 Å². The summed E-state index contributed by atoms with van der Waals surface area (Å²) in [5.74, 6) is 0.329. The van der Waals surface area contributed by atoms with Gasteiger partial charge in [0.05, 0.1) is 26.3 Å². The Kier molecular flexibility index (Phi) is 9.74. The summed E-state index contributed by atoms with van der Waals surface area (Å²) < 4.78 is 5.41.